The lowest BCUT2D eigenvalue weighted by Crippen LogP contribution is -2.37. The zero-order valence-electron chi connectivity index (χ0n) is 15.0. The number of aromatic nitrogens is 1. The average Bonchev–Trinajstić information content (AvgIpc) is 3.00. The topological polar surface area (TPSA) is 60.5 Å². The van der Waals surface area contributed by atoms with E-state index in [0.29, 0.717) is 22.1 Å². The van der Waals surface area contributed by atoms with Crippen molar-refractivity contribution < 1.29 is 14.3 Å². The molecule has 0 spiro atoms. The summed E-state index contributed by atoms with van der Waals surface area (Å²) in [5.41, 5.74) is 1.54. The first-order valence-corrected chi connectivity index (χ1v) is 8.69. The number of nitrogens with one attached hydrogen (secondary N) is 1. The summed E-state index contributed by atoms with van der Waals surface area (Å²) in [5.74, 6) is 3.83. The highest BCUT2D eigenvalue weighted by atomic mass is 32.1. The quantitative estimate of drug-likeness (QED) is 0.803. The Balaban J connectivity index is 2.31. The van der Waals surface area contributed by atoms with E-state index in [1.54, 1.807) is 14.2 Å². The lowest BCUT2D eigenvalue weighted by molar-refractivity contribution is 0.0941. The maximum atomic E-state index is 12.5. The molecule has 0 aliphatic rings. The Labute approximate surface area is 152 Å². The standard InChI is InChI=1S/C19H22N2O3S/c1-7-14(11(2)3)21-18(22)17-12(4)20-19(25-17)13-8-9-15(23-5)16(10-13)24-6/h1,8-11,14H,2-6H3,(H,21,22)/t14-/m0/s1. The number of ether oxygens (including phenoxy) is 2. The van der Waals surface area contributed by atoms with Crippen LogP contribution in [0.1, 0.15) is 29.2 Å². The van der Waals surface area contributed by atoms with Gasteiger partial charge in [0.05, 0.1) is 26.0 Å². The highest BCUT2D eigenvalue weighted by Gasteiger charge is 2.20. The molecule has 0 fully saturated rings. The molecule has 2 rings (SSSR count). The molecule has 1 aromatic heterocycles. The molecule has 1 heterocycles. The molecule has 0 saturated carbocycles. The van der Waals surface area contributed by atoms with Gasteiger partial charge in [0.25, 0.3) is 5.91 Å². The number of thiazole rings is 1. The van der Waals surface area contributed by atoms with E-state index in [0.717, 1.165) is 10.6 Å². The number of methoxy groups -OCH3 is 2. The molecule has 0 radical (unpaired) electrons. The van der Waals surface area contributed by atoms with Crippen LogP contribution in [0, 0.1) is 25.2 Å². The van der Waals surface area contributed by atoms with Gasteiger partial charge in [-0.3, -0.25) is 4.79 Å². The molecule has 1 aromatic carbocycles. The molecule has 25 heavy (non-hydrogen) atoms. The summed E-state index contributed by atoms with van der Waals surface area (Å²) in [6, 6.07) is 5.24. The second-order valence-corrected chi connectivity index (χ2v) is 6.86. The van der Waals surface area contributed by atoms with E-state index in [2.05, 4.69) is 16.2 Å². The van der Waals surface area contributed by atoms with Crippen molar-refractivity contribution in [2.24, 2.45) is 5.92 Å². The third kappa shape index (κ3) is 4.12. The van der Waals surface area contributed by atoms with E-state index in [4.69, 9.17) is 15.9 Å². The number of hydrogen-bond donors (Lipinski definition) is 1. The van der Waals surface area contributed by atoms with Crippen molar-refractivity contribution in [3.8, 4) is 34.4 Å². The van der Waals surface area contributed by atoms with Crippen molar-refractivity contribution in [3.63, 3.8) is 0 Å². The summed E-state index contributed by atoms with van der Waals surface area (Å²) in [4.78, 5) is 17.6. The first-order valence-electron chi connectivity index (χ1n) is 7.88. The monoisotopic (exact) mass is 358 g/mol. The number of carbonyl (C=O) groups excluding carboxylic acids is 1. The van der Waals surface area contributed by atoms with Crippen LogP contribution in [0.5, 0.6) is 11.5 Å². The fourth-order valence-corrected chi connectivity index (χ4v) is 3.27. The van der Waals surface area contributed by atoms with Gasteiger partial charge in [-0.05, 0) is 31.0 Å². The van der Waals surface area contributed by atoms with Crippen molar-refractivity contribution in [2.75, 3.05) is 14.2 Å². The minimum atomic E-state index is -0.307. The molecular formula is C19H22N2O3S. The van der Waals surface area contributed by atoms with Gasteiger partial charge < -0.3 is 14.8 Å². The van der Waals surface area contributed by atoms with Crippen molar-refractivity contribution >= 4 is 17.2 Å². The Bertz CT molecular complexity index is 805. The third-order valence-electron chi connectivity index (χ3n) is 3.77. The minimum absolute atomic E-state index is 0.160. The number of nitrogens with zero attached hydrogens (tertiary/aromatic N) is 1. The molecular weight excluding hydrogens is 336 g/mol. The number of carbonyl (C=O) groups is 1. The van der Waals surface area contributed by atoms with Gasteiger partial charge in [-0.25, -0.2) is 4.98 Å². The Morgan fingerprint density at radius 3 is 2.52 bits per heavy atom. The second kappa shape index (κ2) is 8.04. The van der Waals surface area contributed by atoms with Crippen LogP contribution in [-0.4, -0.2) is 31.2 Å². The van der Waals surface area contributed by atoms with Crippen molar-refractivity contribution in [1.82, 2.24) is 10.3 Å². The van der Waals surface area contributed by atoms with Gasteiger partial charge in [0.15, 0.2) is 11.5 Å². The zero-order chi connectivity index (χ0) is 18.6. The summed E-state index contributed by atoms with van der Waals surface area (Å²) in [6.45, 7) is 5.76. The first kappa shape index (κ1) is 18.8. The fourth-order valence-electron chi connectivity index (χ4n) is 2.31. The summed E-state index contributed by atoms with van der Waals surface area (Å²) in [7, 11) is 3.17. The molecule has 0 unspecified atom stereocenters. The van der Waals surface area contributed by atoms with Gasteiger partial charge in [0, 0.05) is 5.56 Å². The number of rotatable bonds is 6. The second-order valence-electron chi connectivity index (χ2n) is 5.87. The van der Waals surface area contributed by atoms with Crippen LogP contribution in [0.25, 0.3) is 10.6 Å². The van der Waals surface area contributed by atoms with Gasteiger partial charge in [-0.1, -0.05) is 19.8 Å². The van der Waals surface area contributed by atoms with Gasteiger partial charge in [-0.15, -0.1) is 17.8 Å². The van der Waals surface area contributed by atoms with E-state index >= 15 is 0 Å². The molecule has 0 saturated heterocycles. The zero-order valence-corrected chi connectivity index (χ0v) is 15.9. The van der Waals surface area contributed by atoms with Crippen LogP contribution in [0.15, 0.2) is 18.2 Å². The Morgan fingerprint density at radius 1 is 1.28 bits per heavy atom. The Kier molecular flexibility index (Phi) is 6.05. The van der Waals surface area contributed by atoms with Crippen LogP contribution in [0.4, 0.5) is 0 Å². The van der Waals surface area contributed by atoms with Gasteiger partial charge >= 0.3 is 0 Å². The fraction of sp³-hybridized carbons (Fsp3) is 0.368. The normalized spacial score (nSPS) is 11.7. The molecule has 132 valence electrons. The molecule has 5 nitrogen and oxygen atoms in total. The van der Waals surface area contributed by atoms with Crippen LogP contribution in [-0.2, 0) is 0 Å². The molecule has 1 atom stereocenters. The van der Waals surface area contributed by atoms with Crippen LogP contribution < -0.4 is 14.8 Å². The predicted molar refractivity (Wildman–Crippen MR) is 100 cm³/mol. The maximum absolute atomic E-state index is 12.5. The summed E-state index contributed by atoms with van der Waals surface area (Å²) in [6.07, 6.45) is 5.49. The first-order chi connectivity index (χ1) is 11.9. The molecule has 0 bridgehead atoms. The largest absolute Gasteiger partial charge is 0.493 e. The van der Waals surface area contributed by atoms with E-state index < -0.39 is 0 Å². The summed E-state index contributed by atoms with van der Waals surface area (Å²) < 4.78 is 10.6. The minimum Gasteiger partial charge on any atom is -0.493 e. The van der Waals surface area contributed by atoms with Crippen molar-refractivity contribution in [3.05, 3.63) is 28.8 Å². The molecule has 0 aliphatic heterocycles. The van der Waals surface area contributed by atoms with Gasteiger partial charge in [0.1, 0.15) is 9.88 Å². The molecule has 1 amide bonds. The lowest BCUT2D eigenvalue weighted by Gasteiger charge is -2.15. The molecule has 6 heteroatoms. The van der Waals surface area contributed by atoms with E-state index in [-0.39, 0.29) is 17.9 Å². The predicted octanol–water partition coefficient (Wildman–Crippen LogP) is 3.52. The van der Waals surface area contributed by atoms with Crippen LogP contribution >= 0.6 is 11.3 Å². The smallest absolute Gasteiger partial charge is 0.264 e. The van der Waals surface area contributed by atoms with Crippen molar-refractivity contribution in [2.45, 2.75) is 26.8 Å². The van der Waals surface area contributed by atoms with E-state index in [1.165, 1.54) is 11.3 Å². The Morgan fingerprint density at radius 2 is 1.96 bits per heavy atom. The molecule has 2 aromatic rings. The van der Waals surface area contributed by atoms with Crippen LogP contribution in [0.2, 0.25) is 0 Å². The highest BCUT2D eigenvalue weighted by molar-refractivity contribution is 7.17. The Hall–Kier alpha value is -2.52. The maximum Gasteiger partial charge on any atom is 0.264 e. The third-order valence-corrected chi connectivity index (χ3v) is 4.97. The lowest BCUT2D eigenvalue weighted by atomic mass is 10.1. The van der Waals surface area contributed by atoms with E-state index in [1.807, 2.05) is 39.0 Å². The average molecular weight is 358 g/mol. The number of aryl methyl sites for hydroxylation is 1. The van der Waals surface area contributed by atoms with Crippen LogP contribution in [0.3, 0.4) is 0 Å². The van der Waals surface area contributed by atoms with E-state index in [9.17, 15) is 4.79 Å². The highest BCUT2D eigenvalue weighted by Crippen LogP contribution is 2.35. The SMILES string of the molecule is C#C[C@H](NC(=O)c1sc(-c2ccc(OC)c(OC)c2)nc1C)C(C)C. The number of amides is 1. The molecule has 1 N–H and O–H groups in total. The van der Waals surface area contributed by atoms with Gasteiger partial charge in [-0.2, -0.15) is 0 Å². The number of terminal acetylenes is 1. The molecule has 0 aliphatic carbocycles. The summed E-state index contributed by atoms with van der Waals surface area (Å²) >= 11 is 1.33. The van der Waals surface area contributed by atoms with Gasteiger partial charge in [0.2, 0.25) is 0 Å². The number of hydrogen-bond acceptors (Lipinski definition) is 5. The summed E-state index contributed by atoms with van der Waals surface area (Å²) in [5, 5.41) is 3.62. The number of benzene rings is 1. The van der Waals surface area contributed by atoms with Crippen molar-refractivity contribution in [1.29, 1.82) is 0 Å².